The summed E-state index contributed by atoms with van der Waals surface area (Å²) < 4.78 is 5.00. The number of aromatic nitrogens is 1. The highest BCUT2D eigenvalue weighted by Gasteiger charge is 2.16. The predicted molar refractivity (Wildman–Crippen MR) is 120 cm³/mol. The van der Waals surface area contributed by atoms with Gasteiger partial charge in [0.1, 0.15) is 5.76 Å². The van der Waals surface area contributed by atoms with Crippen LogP contribution in [0, 0.1) is 5.92 Å². The molecule has 3 heterocycles. The quantitative estimate of drug-likeness (QED) is 0.557. The van der Waals surface area contributed by atoms with Crippen LogP contribution in [0.15, 0.2) is 53.2 Å². The van der Waals surface area contributed by atoms with Crippen LogP contribution in [-0.4, -0.2) is 46.3 Å². The number of aliphatic hydroxyl groups excluding tert-OH is 1. The summed E-state index contributed by atoms with van der Waals surface area (Å²) in [6.45, 7) is 5.70. The number of furan rings is 1. The Bertz CT molecular complexity index is 823. The Hall–Kier alpha value is -2.25. The summed E-state index contributed by atoms with van der Waals surface area (Å²) >= 11 is 1.51. The largest absolute Gasteiger partial charge is 0.511 e. The topological polar surface area (TPSA) is 78.6 Å². The first-order chi connectivity index (χ1) is 14.6. The van der Waals surface area contributed by atoms with Crippen LogP contribution in [0.5, 0.6) is 0 Å². The number of piperidine rings is 1. The van der Waals surface area contributed by atoms with Gasteiger partial charge in [-0.1, -0.05) is 6.92 Å². The fourth-order valence-electron chi connectivity index (χ4n) is 3.60. The molecule has 0 spiro atoms. The number of hydrogen-bond acceptors (Lipinski definition) is 6. The SMILES string of the molecule is CC1CCCN(Cc2ccnc(CC=C(O)CNC(=O)CSCc3ccoc3)c2)C1. The number of pyridine rings is 1. The lowest BCUT2D eigenvalue weighted by atomic mass is 10.00. The normalized spacial score (nSPS) is 17.8. The first-order valence-electron chi connectivity index (χ1n) is 10.5. The molecule has 0 radical (unpaired) electrons. The molecule has 6 nitrogen and oxygen atoms in total. The molecule has 162 valence electrons. The van der Waals surface area contributed by atoms with Crippen LogP contribution in [0.4, 0.5) is 0 Å². The Labute approximate surface area is 182 Å². The van der Waals surface area contributed by atoms with Crippen LogP contribution < -0.4 is 5.32 Å². The number of carbonyl (C=O) groups excluding carboxylic acids is 1. The zero-order valence-electron chi connectivity index (χ0n) is 17.5. The fraction of sp³-hybridized carbons (Fsp3) is 0.478. The fourth-order valence-corrected chi connectivity index (χ4v) is 4.39. The lowest BCUT2D eigenvalue weighted by molar-refractivity contribution is -0.118. The van der Waals surface area contributed by atoms with E-state index in [0.29, 0.717) is 12.2 Å². The monoisotopic (exact) mass is 429 g/mol. The third-order valence-electron chi connectivity index (χ3n) is 5.12. The van der Waals surface area contributed by atoms with E-state index in [4.69, 9.17) is 4.42 Å². The molecule has 0 saturated carbocycles. The van der Waals surface area contributed by atoms with E-state index in [1.165, 1.54) is 30.2 Å². The Morgan fingerprint density at radius 1 is 1.43 bits per heavy atom. The number of allylic oxidation sites excluding steroid dienone is 1. The molecule has 2 aromatic heterocycles. The third kappa shape index (κ3) is 7.88. The number of thioether (sulfide) groups is 1. The Morgan fingerprint density at radius 3 is 3.13 bits per heavy atom. The van der Waals surface area contributed by atoms with Gasteiger partial charge < -0.3 is 14.8 Å². The summed E-state index contributed by atoms with van der Waals surface area (Å²) in [6.07, 6.45) is 9.98. The number of aliphatic hydroxyl groups is 1. The van der Waals surface area contributed by atoms with E-state index < -0.39 is 0 Å². The van der Waals surface area contributed by atoms with Gasteiger partial charge in [0.25, 0.3) is 0 Å². The molecule has 1 atom stereocenters. The van der Waals surface area contributed by atoms with Gasteiger partial charge in [-0.05, 0) is 55.1 Å². The van der Waals surface area contributed by atoms with Crippen molar-refractivity contribution in [2.24, 2.45) is 5.92 Å². The number of nitrogens with zero attached hydrogens (tertiary/aromatic N) is 2. The minimum atomic E-state index is -0.0978. The molecular weight excluding hydrogens is 398 g/mol. The van der Waals surface area contributed by atoms with Crippen molar-refractivity contribution < 1.29 is 14.3 Å². The van der Waals surface area contributed by atoms with E-state index in [2.05, 4.69) is 34.3 Å². The molecule has 1 aliphatic rings. The predicted octanol–water partition coefficient (Wildman–Crippen LogP) is 3.94. The molecule has 1 fully saturated rings. The van der Waals surface area contributed by atoms with Crippen molar-refractivity contribution in [1.29, 1.82) is 0 Å². The smallest absolute Gasteiger partial charge is 0.230 e. The Kier molecular flexibility index (Phi) is 8.83. The van der Waals surface area contributed by atoms with Crippen molar-refractivity contribution in [3.8, 4) is 0 Å². The van der Waals surface area contributed by atoms with Crippen molar-refractivity contribution in [2.45, 2.75) is 38.5 Å². The number of nitrogens with one attached hydrogen (secondary N) is 1. The maximum absolute atomic E-state index is 11.9. The maximum Gasteiger partial charge on any atom is 0.230 e. The van der Waals surface area contributed by atoms with E-state index in [-0.39, 0.29) is 18.2 Å². The van der Waals surface area contributed by atoms with Gasteiger partial charge in [-0.3, -0.25) is 14.7 Å². The average Bonchev–Trinajstić information content (AvgIpc) is 3.24. The second-order valence-electron chi connectivity index (χ2n) is 7.94. The van der Waals surface area contributed by atoms with E-state index >= 15 is 0 Å². The molecule has 30 heavy (non-hydrogen) atoms. The third-order valence-corrected chi connectivity index (χ3v) is 6.13. The lowest BCUT2D eigenvalue weighted by Crippen LogP contribution is -2.33. The molecule has 1 unspecified atom stereocenters. The van der Waals surface area contributed by atoms with Crippen molar-refractivity contribution in [3.05, 3.63) is 65.6 Å². The molecule has 2 aromatic rings. The van der Waals surface area contributed by atoms with Crippen LogP contribution in [0.3, 0.4) is 0 Å². The van der Waals surface area contributed by atoms with E-state index in [9.17, 15) is 9.90 Å². The van der Waals surface area contributed by atoms with Crippen LogP contribution in [0.25, 0.3) is 0 Å². The molecule has 1 aliphatic heterocycles. The lowest BCUT2D eigenvalue weighted by Gasteiger charge is -2.30. The summed E-state index contributed by atoms with van der Waals surface area (Å²) in [5.74, 6) is 1.89. The molecule has 7 heteroatoms. The number of rotatable bonds is 10. The molecule has 0 bridgehead atoms. The average molecular weight is 430 g/mol. The van der Waals surface area contributed by atoms with Gasteiger partial charge in [-0.25, -0.2) is 0 Å². The molecule has 1 amide bonds. The zero-order chi connectivity index (χ0) is 21.2. The van der Waals surface area contributed by atoms with E-state index in [1.807, 2.05) is 12.3 Å². The van der Waals surface area contributed by atoms with Crippen molar-refractivity contribution in [2.75, 3.05) is 25.4 Å². The van der Waals surface area contributed by atoms with Crippen LogP contribution >= 0.6 is 11.8 Å². The van der Waals surface area contributed by atoms with Gasteiger partial charge >= 0.3 is 0 Å². The van der Waals surface area contributed by atoms with E-state index in [0.717, 1.165) is 42.6 Å². The highest BCUT2D eigenvalue weighted by Crippen LogP contribution is 2.18. The van der Waals surface area contributed by atoms with Crippen molar-refractivity contribution >= 4 is 17.7 Å². The van der Waals surface area contributed by atoms with Crippen LogP contribution in [0.2, 0.25) is 0 Å². The first-order valence-corrected chi connectivity index (χ1v) is 11.6. The van der Waals surface area contributed by atoms with Gasteiger partial charge in [0.05, 0.1) is 24.8 Å². The van der Waals surface area contributed by atoms with Crippen LogP contribution in [-0.2, 0) is 23.5 Å². The Morgan fingerprint density at radius 2 is 2.33 bits per heavy atom. The van der Waals surface area contributed by atoms with Crippen molar-refractivity contribution in [3.63, 3.8) is 0 Å². The minimum Gasteiger partial charge on any atom is -0.511 e. The Balaban J connectivity index is 1.38. The van der Waals surface area contributed by atoms with Gasteiger partial charge in [0, 0.05) is 42.7 Å². The number of likely N-dealkylation sites (tertiary alicyclic amines) is 1. The number of carbonyl (C=O) groups is 1. The van der Waals surface area contributed by atoms with Gasteiger partial charge in [-0.2, -0.15) is 0 Å². The van der Waals surface area contributed by atoms with Gasteiger partial charge in [-0.15, -0.1) is 11.8 Å². The molecule has 1 saturated heterocycles. The van der Waals surface area contributed by atoms with Crippen LogP contribution in [0.1, 0.15) is 36.6 Å². The number of amides is 1. The summed E-state index contributed by atoms with van der Waals surface area (Å²) in [6, 6.07) is 6.05. The second-order valence-corrected chi connectivity index (χ2v) is 8.92. The minimum absolute atomic E-state index is 0.0978. The molecule has 0 aliphatic carbocycles. The zero-order valence-corrected chi connectivity index (χ0v) is 18.4. The maximum atomic E-state index is 11.9. The molecule has 0 aromatic carbocycles. The highest BCUT2D eigenvalue weighted by molar-refractivity contribution is 7.99. The highest BCUT2D eigenvalue weighted by atomic mass is 32.2. The summed E-state index contributed by atoms with van der Waals surface area (Å²) in [5.41, 5.74) is 3.23. The van der Waals surface area contributed by atoms with Gasteiger partial charge in [0.2, 0.25) is 5.91 Å². The second kappa shape index (κ2) is 11.8. The molecule has 3 rings (SSSR count). The van der Waals surface area contributed by atoms with Gasteiger partial charge in [0.15, 0.2) is 0 Å². The molecule has 2 N–H and O–H groups in total. The summed E-state index contributed by atoms with van der Waals surface area (Å²) in [5, 5.41) is 12.8. The summed E-state index contributed by atoms with van der Waals surface area (Å²) in [7, 11) is 0. The van der Waals surface area contributed by atoms with Crippen molar-refractivity contribution in [1.82, 2.24) is 15.2 Å². The number of hydrogen-bond donors (Lipinski definition) is 2. The first kappa shape index (κ1) is 22.4. The molecular formula is C23H31N3O3S. The van der Waals surface area contributed by atoms with E-state index in [1.54, 1.807) is 18.6 Å². The summed E-state index contributed by atoms with van der Waals surface area (Å²) in [4.78, 5) is 18.8. The standard InChI is InChI=1S/C23H31N3O3S/c1-18-3-2-9-26(13-18)14-19-6-8-24-21(11-19)4-5-22(27)12-25-23(28)17-30-16-20-7-10-29-15-20/h5-8,10-11,15,18,27H,2-4,9,12-14,16-17H2,1H3,(H,25,28).